The molecule has 1 rings (SSSR count). The number of esters is 4. The summed E-state index contributed by atoms with van der Waals surface area (Å²) < 4.78 is 25.9. The molecule has 1 aliphatic heterocycles. The second-order valence-corrected chi connectivity index (χ2v) is 7.40. The van der Waals surface area contributed by atoms with Crippen molar-refractivity contribution in [2.24, 2.45) is 0 Å². The summed E-state index contributed by atoms with van der Waals surface area (Å²) in [7, 11) is 0. The van der Waals surface area contributed by atoms with Gasteiger partial charge in [-0.1, -0.05) is 0 Å². The third kappa shape index (κ3) is 11.4. The summed E-state index contributed by atoms with van der Waals surface area (Å²) in [6.45, 7) is 8.38. The largest absolute Gasteiger partial charge is 0.466 e. The molecule has 1 saturated heterocycles. The molecule has 0 saturated carbocycles. The fourth-order valence-electron chi connectivity index (χ4n) is 3.36. The molecule has 11 heteroatoms. The van der Waals surface area contributed by atoms with E-state index in [1.165, 1.54) is 0 Å². The number of hydrogen-bond acceptors (Lipinski definition) is 11. The molecule has 33 heavy (non-hydrogen) atoms. The topological polar surface area (TPSA) is 138 Å². The summed E-state index contributed by atoms with van der Waals surface area (Å²) in [5.74, 6) is -2.00. The van der Waals surface area contributed by atoms with Crippen molar-refractivity contribution in [3.8, 4) is 0 Å². The zero-order chi connectivity index (χ0) is 24.6. The van der Waals surface area contributed by atoms with Crippen LogP contribution in [0.5, 0.6) is 0 Å². The van der Waals surface area contributed by atoms with E-state index >= 15 is 0 Å². The van der Waals surface area contributed by atoms with Crippen molar-refractivity contribution < 1.29 is 42.9 Å². The second kappa shape index (κ2) is 16.4. The molecular weight excluding hydrogens is 436 g/mol. The summed E-state index contributed by atoms with van der Waals surface area (Å²) in [4.78, 5) is 47.9. The number of carbonyl (C=O) groups excluding carboxylic acids is 4. The molecule has 11 nitrogen and oxygen atoms in total. The van der Waals surface area contributed by atoms with Crippen LogP contribution in [0.3, 0.4) is 0 Å². The Bertz CT molecular complexity index is 577. The van der Waals surface area contributed by atoms with Crippen LogP contribution in [-0.4, -0.2) is 87.7 Å². The molecule has 0 radical (unpaired) electrons. The van der Waals surface area contributed by atoms with Gasteiger partial charge in [-0.15, -0.1) is 0 Å². The molecule has 0 aromatic carbocycles. The van der Waals surface area contributed by atoms with Crippen LogP contribution >= 0.6 is 0 Å². The number of rotatable bonds is 16. The standard InChI is InChI=1S/C22H38N2O9/c1-5-29-19(25)11-17(21(27)31-7-3)23-13-15-9-10-16(33-15)14-24-18(22(28)32-8-4)12-20(26)30-6-2/h15-18,23-24H,5-14H2,1-4H3. The quantitative estimate of drug-likeness (QED) is 0.239. The van der Waals surface area contributed by atoms with Gasteiger partial charge in [0.2, 0.25) is 0 Å². The Balaban J connectivity index is 2.53. The zero-order valence-electron chi connectivity index (χ0n) is 20.1. The van der Waals surface area contributed by atoms with E-state index in [4.69, 9.17) is 23.7 Å². The predicted molar refractivity (Wildman–Crippen MR) is 117 cm³/mol. The lowest BCUT2D eigenvalue weighted by molar-refractivity contribution is -0.152. The van der Waals surface area contributed by atoms with Crippen LogP contribution in [0.2, 0.25) is 0 Å². The first-order chi connectivity index (χ1) is 15.8. The minimum Gasteiger partial charge on any atom is -0.466 e. The molecular formula is C22H38N2O9. The van der Waals surface area contributed by atoms with E-state index in [-0.39, 0.29) is 51.5 Å². The van der Waals surface area contributed by atoms with Crippen LogP contribution in [0.15, 0.2) is 0 Å². The Morgan fingerprint density at radius 2 is 1.06 bits per heavy atom. The third-order valence-electron chi connectivity index (χ3n) is 4.87. The Morgan fingerprint density at radius 3 is 1.39 bits per heavy atom. The molecule has 0 aliphatic carbocycles. The Hall–Kier alpha value is -2.24. The van der Waals surface area contributed by atoms with Crippen LogP contribution in [0.25, 0.3) is 0 Å². The fraction of sp³-hybridized carbons (Fsp3) is 0.818. The van der Waals surface area contributed by atoms with Gasteiger partial charge >= 0.3 is 23.9 Å². The second-order valence-electron chi connectivity index (χ2n) is 7.40. The van der Waals surface area contributed by atoms with Gasteiger partial charge in [-0.2, -0.15) is 0 Å². The number of nitrogens with one attached hydrogen (secondary N) is 2. The van der Waals surface area contributed by atoms with E-state index in [2.05, 4.69) is 10.6 Å². The molecule has 1 heterocycles. The summed E-state index contributed by atoms with van der Waals surface area (Å²) in [5.41, 5.74) is 0. The normalized spacial score (nSPS) is 19.4. The van der Waals surface area contributed by atoms with Crippen molar-refractivity contribution in [2.45, 2.75) is 77.7 Å². The highest BCUT2D eigenvalue weighted by Crippen LogP contribution is 2.19. The minimum atomic E-state index is -0.817. The van der Waals surface area contributed by atoms with E-state index in [1.807, 2.05) is 0 Å². The van der Waals surface area contributed by atoms with Gasteiger partial charge in [0.05, 0.1) is 51.5 Å². The summed E-state index contributed by atoms with van der Waals surface area (Å²) >= 11 is 0. The number of hydrogen-bond donors (Lipinski definition) is 2. The molecule has 4 unspecified atom stereocenters. The van der Waals surface area contributed by atoms with Gasteiger partial charge < -0.3 is 34.3 Å². The Kier molecular flexibility index (Phi) is 14.3. The van der Waals surface area contributed by atoms with Gasteiger partial charge in [-0.25, -0.2) is 0 Å². The van der Waals surface area contributed by atoms with Crippen molar-refractivity contribution in [3.63, 3.8) is 0 Å². The van der Waals surface area contributed by atoms with E-state index in [1.54, 1.807) is 27.7 Å². The van der Waals surface area contributed by atoms with Crippen LogP contribution in [-0.2, 0) is 42.9 Å². The summed E-state index contributed by atoms with van der Waals surface area (Å²) in [6, 6.07) is -1.63. The maximum absolute atomic E-state index is 12.2. The molecule has 4 atom stereocenters. The smallest absolute Gasteiger partial charge is 0.323 e. The minimum absolute atomic E-state index is 0.126. The van der Waals surface area contributed by atoms with Gasteiger partial charge in [0.15, 0.2) is 0 Å². The van der Waals surface area contributed by atoms with E-state index < -0.39 is 36.0 Å². The average molecular weight is 475 g/mol. The zero-order valence-corrected chi connectivity index (χ0v) is 20.1. The highest BCUT2D eigenvalue weighted by atomic mass is 16.5. The van der Waals surface area contributed by atoms with Gasteiger partial charge in [0.25, 0.3) is 0 Å². The maximum Gasteiger partial charge on any atom is 0.323 e. The third-order valence-corrected chi connectivity index (χ3v) is 4.87. The molecule has 1 fully saturated rings. The van der Waals surface area contributed by atoms with Gasteiger partial charge in [0.1, 0.15) is 12.1 Å². The van der Waals surface area contributed by atoms with Crippen LogP contribution in [0.1, 0.15) is 53.4 Å². The molecule has 1 aliphatic rings. The number of carbonyl (C=O) groups is 4. The van der Waals surface area contributed by atoms with Crippen molar-refractivity contribution in [3.05, 3.63) is 0 Å². The van der Waals surface area contributed by atoms with E-state index in [9.17, 15) is 19.2 Å². The van der Waals surface area contributed by atoms with Crippen LogP contribution < -0.4 is 10.6 Å². The Morgan fingerprint density at radius 1 is 0.697 bits per heavy atom. The predicted octanol–water partition coefficient (Wildman–Crippen LogP) is 0.483. The lowest BCUT2D eigenvalue weighted by atomic mass is 10.1. The molecule has 0 bridgehead atoms. The maximum atomic E-state index is 12.2. The van der Waals surface area contributed by atoms with Crippen LogP contribution in [0.4, 0.5) is 0 Å². The van der Waals surface area contributed by atoms with E-state index in [0.29, 0.717) is 13.1 Å². The fourth-order valence-corrected chi connectivity index (χ4v) is 3.36. The molecule has 2 N–H and O–H groups in total. The van der Waals surface area contributed by atoms with Crippen molar-refractivity contribution in [1.82, 2.24) is 10.6 Å². The first-order valence-electron chi connectivity index (χ1n) is 11.6. The molecule has 190 valence electrons. The van der Waals surface area contributed by atoms with Crippen molar-refractivity contribution in [2.75, 3.05) is 39.5 Å². The highest BCUT2D eigenvalue weighted by Gasteiger charge is 2.31. The lowest BCUT2D eigenvalue weighted by Gasteiger charge is -2.21. The lowest BCUT2D eigenvalue weighted by Crippen LogP contribution is -2.45. The van der Waals surface area contributed by atoms with Gasteiger partial charge in [-0.05, 0) is 40.5 Å². The monoisotopic (exact) mass is 474 g/mol. The van der Waals surface area contributed by atoms with E-state index in [0.717, 1.165) is 12.8 Å². The SMILES string of the molecule is CCOC(=O)CC(NCC1CCC(CNC(CC(=O)OCC)C(=O)OCC)O1)C(=O)OCC. The summed E-state index contributed by atoms with van der Waals surface area (Å²) in [6.07, 6.45) is 0.856. The summed E-state index contributed by atoms with van der Waals surface area (Å²) in [5, 5.41) is 6.08. The molecule has 0 aromatic heterocycles. The van der Waals surface area contributed by atoms with Crippen molar-refractivity contribution >= 4 is 23.9 Å². The first-order valence-corrected chi connectivity index (χ1v) is 11.6. The van der Waals surface area contributed by atoms with Gasteiger partial charge in [0, 0.05) is 13.1 Å². The Labute approximate surface area is 195 Å². The molecule has 0 aromatic rings. The molecule has 0 amide bonds. The average Bonchev–Trinajstić information content (AvgIpc) is 3.22. The first kappa shape index (κ1) is 28.8. The molecule has 0 spiro atoms. The highest BCUT2D eigenvalue weighted by molar-refractivity contribution is 5.83. The van der Waals surface area contributed by atoms with Crippen molar-refractivity contribution in [1.29, 1.82) is 0 Å². The van der Waals surface area contributed by atoms with Gasteiger partial charge in [-0.3, -0.25) is 19.2 Å². The van der Waals surface area contributed by atoms with Crippen LogP contribution in [0, 0.1) is 0 Å². The number of ether oxygens (including phenoxy) is 5.